The standard InChI is InChI=1S/C26H23F3N2O4S/c27-26(28,29)20-5-3-4-16(11-20)18-10-17-8-9-35-25(17)24(13-18)36(33,34)31-21(15-32)12-19-14-30-23-7-2-1-6-22(19)23/h1-7,10-11,13-14,21,30-32H,8-9,12,15H2/t21-/m1/s1. The lowest BCUT2D eigenvalue weighted by molar-refractivity contribution is -0.137. The molecular weight excluding hydrogens is 493 g/mol. The van der Waals surface area contributed by atoms with E-state index in [-0.39, 0.29) is 29.2 Å². The Labute approximate surface area is 205 Å². The minimum atomic E-state index is -4.52. The molecule has 0 aliphatic carbocycles. The van der Waals surface area contributed by atoms with Gasteiger partial charge in [0.05, 0.1) is 18.8 Å². The van der Waals surface area contributed by atoms with E-state index in [0.717, 1.165) is 28.6 Å². The van der Waals surface area contributed by atoms with Crippen LogP contribution in [0.25, 0.3) is 22.0 Å². The van der Waals surface area contributed by atoms with Crippen molar-refractivity contribution in [1.29, 1.82) is 0 Å². The summed E-state index contributed by atoms with van der Waals surface area (Å²) in [6.07, 6.45) is -2.08. The fourth-order valence-electron chi connectivity index (χ4n) is 4.51. The monoisotopic (exact) mass is 516 g/mol. The maximum absolute atomic E-state index is 13.5. The van der Waals surface area contributed by atoms with Crippen LogP contribution in [0.2, 0.25) is 0 Å². The lowest BCUT2D eigenvalue weighted by atomic mass is 10.00. The Balaban J connectivity index is 1.49. The Morgan fingerprint density at radius 1 is 1.06 bits per heavy atom. The van der Waals surface area contributed by atoms with Crippen LogP contribution in [0, 0.1) is 0 Å². The van der Waals surface area contributed by atoms with E-state index >= 15 is 0 Å². The maximum Gasteiger partial charge on any atom is 0.416 e. The van der Waals surface area contributed by atoms with E-state index in [2.05, 4.69) is 9.71 Å². The predicted molar refractivity (Wildman–Crippen MR) is 129 cm³/mol. The van der Waals surface area contributed by atoms with Crippen LogP contribution in [0.3, 0.4) is 0 Å². The molecule has 0 saturated carbocycles. The highest BCUT2D eigenvalue weighted by molar-refractivity contribution is 7.89. The Morgan fingerprint density at radius 3 is 2.64 bits per heavy atom. The average Bonchev–Trinajstić information content (AvgIpc) is 3.49. The second-order valence-corrected chi connectivity index (χ2v) is 10.4. The highest BCUT2D eigenvalue weighted by Crippen LogP contribution is 2.39. The van der Waals surface area contributed by atoms with Gasteiger partial charge in [0.2, 0.25) is 10.0 Å². The molecule has 3 N–H and O–H groups in total. The SMILES string of the molecule is O=S(=O)(N[C@@H](CO)Cc1c[nH]c2ccccc12)c1cc(-c2cccc(C(F)(F)F)c2)cc2c1OCC2. The number of aliphatic hydroxyl groups is 1. The molecule has 1 aliphatic heterocycles. The summed E-state index contributed by atoms with van der Waals surface area (Å²) >= 11 is 0. The molecule has 0 radical (unpaired) electrons. The zero-order chi connectivity index (χ0) is 25.5. The van der Waals surface area contributed by atoms with Gasteiger partial charge in [0.15, 0.2) is 0 Å². The Kier molecular flexibility index (Phi) is 6.27. The Hall–Kier alpha value is -3.34. The van der Waals surface area contributed by atoms with Gasteiger partial charge in [-0.15, -0.1) is 0 Å². The number of aliphatic hydroxyl groups excluding tert-OH is 1. The lowest BCUT2D eigenvalue weighted by Crippen LogP contribution is -2.39. The molecule has 0 unspecified atom stereocenters. The van der Waals surface area contributed by atoms with Crippen molar-refractivity contribution in [3.63, 3.8) is 0 Å². The summed E-state index contributed by atoms with van der Waals surface area (Å²) in [5.41, 5.74) is 2.09. The van der Waals surface area contributed by atoms with E-state index in [1.807, 2.05) is 24.3 Å². The molecule has 4 aromatic rings. The molecule has 3 aromatic carbocycles. The summed E-state index contributed by atoms with van der Waals surface area (Å²) in [5.74, 6) is 0.182. The van der Waals surface area contributed by atoms with E-state index in [9.17, 15) is 26.7 Å². The van der Waals surface area contributed by atoms with Crippen LogP contribution in [0.1, 0.15) is 16.7 Å². The first-order chi connectivity index (χ1) is 17.2. The third-order valence-electron chi connectivity index (χ3n) is 6.25. The minimum absolute atomic E-state index is 0.165. The van der Waals surface area contributed by atoms with Crippen molar-refractivity contribution in [2.24, 2.45) is 0 Å². The largest absolute Gasteiger partial charge is 0.492 e. The number of rotatable bonds is 7. The van der Waals surface area contributed by atoms with Gasteiger partial charge in [0, 0.05) is 29.6 Å². The first-order valence-electron chi connectivity index (χ1n) is 11.3. The van der Waals surface area contributed by atoms with Gasteiger partial charge in [0.1, 0.15) is 10.6 Å². The van der Waals surface area contributed by atoms with Crippen LogP contribution in [-0.4, -0.2) is 37.8 Å². The minimum Gasteiger partial charge on any atom is -0.492 e. The third kappa shape index (κ3) is 4.71. The van der Waals surface area contributed by atoms with Crippen molar-refractivity contribution in [3.8, 4) is 16.9 Å². The summed E-state index contributed by atoms with van der Waals surface area (Å²) in [7, 11) is -4.19. The number of aromatic amines is 1. The van der Waals surface area contributed by atoms with E-state index in [0.29, 0.717) is 17.5 Å². The summed E-state index contributed by atoms with van der Waals surface area (Å²) < 4.78 is 74.9. The van der Waals surface area contributed by atoms with Gasteiger partial charge in [-0.2, -0.15) is 13.2 Å². The molecule has 5 rings (SSSR count). The smallest absolute Gasteiger partial charge is 0.416 e. The van der Waals surface area contributed by atoms with Crippen LogP contribution >= 0.6 is 0 Å². The van der Waals surface area contributed by atoms with Crippen LogP contribution in [0.15, 0.2) is 71.8 Å². The highest BCUT2D eigenvalue weighted by Gasteiger charge is 2.32. The molecule has 0 saturated heterocycles. The number of ether oxygens (including phenoxy) is 1. The Morgan fingerprint density at radius 2 is 1.86 bits per heavy atom. The molecule has 0 fully saturated rings. The zero-order valence-corrected chi connectivity index (χ0v) is 19.8. The number of hydrogen-bond acceptors (Lipinski definition) is 4. The number of hydrogen-bond donors (Lipinski definition) is 3. The van der Waals surface area contributed by atoms with E-state index in [1.54, 1.807) is 12.3 Å². The molecule has 188 valence electrons. The van der Waals surface area contributed by atoms with Crippen molar-refractivity contribution in [2.75, 3.05) is 13.2 Å². The first kappa shape index (κ1) is 24.4. The fourth-order valence-corrected chi connectivity index (χ4v) is 5.95. The van der Waals surface area contributed by atoms with E-state index in [1.165, 1.54) is 18.2 Å². The molecule has 0 amide bonds. The number of para-hydroxylation sites is 1. The molecule has 6 nitrogen and oxygen atoms in total. The van der Waals surface area contributed by atoms with Gasteiger partial charge >= 0.3 is 6.18 Å². The second-order valence-electron chi connectivity index (χ2n) is 8.70. The molecule has 1 aromatic heterocycles. The normalized spacial score (nSPS) is 14.6. The molecular formula is C26H23F3N2O4S. The second kappa shape index (κ2) is 9.27. The van der Waals surface area contributed by atoms with Gasteiger partial charge < -0.3 is 14.8 Å². The van der Waals surface area contributed by atoms with Crippen molar-refractivity contribution < 1.29 is 31.4 Å². The number of benzene rings is 3. The number of nitrogens with one attached hydrogen (secondary N) is 2. The van der Waals surface area contributed by atoms with E-state index in [4.69, 9.17) is 4.74 Å². The number of H-pyrrole nitrogens is 1. The highest BCUT2D eigenvalue weighted by atomic mass is 32.2. The lowest BCUT2D eigenvalue weighted by Gasteiger charge is -2.18. The van der Waals surface area contributed by atoms with Crippen LogP contribution in [0.5, 0.6) is 5.75 Å². The quantitative estimate of drug-likeness (QED) is 0.333. The van der Waals surface area contributed by atoms with Gasteiger partial charge in [-0.05, 0) is 59.0 Å². The van der Waals surface area contributed by atoms with Gasteiger partial charge in [-0.3, -0.25) is 0 Å². The number of alkyl halides is 3. The van der Waals surface area contributed by atoms with Crippen molar-refractivity contribution in [1.82, 2.24) is 9.71 Å². The molecule has 36 heavy (non-hydrogen) atoms. The average molecular weight is 517 g/mol. The predicted octanol–water partition coefficient (Wildman–Crippen LogP) is 4.67. The molecule has 1 atom stereocenters. The summed E-state index contributed by atoms with van der Waals surface area (Å²) in [6.45, 7) is -0.183. The van der Waals surface area contributed by atoms with Crippen LogP contribution in [0.4, 0.5) is 13.2 Å². The number of sulfonamides is 1. The summed E-state index contributed by atoms with van der Waals surface area (Å²) in [4.78, 5) is 2.96. The first-order valence-corrected chi connectivity index (χ1v) is 12.8. The molecule has 10 heteroatoms. The molecule has 1 aliphatic rings. The molecule has 0 spiro atoms. The van der Waals surface area contributed by atoms with Crippen molar-refractivity contribution in [3.05, 3.63) is 83.6 Å². The van der Waals surface area contributed by atoms with Crippen LogP contribution in [-0.2, 0) is 29.0 Å². The number of halogens is 3. The Bertz CT molecular complexity index is 1530. The van der Waals surface area contributed by atoms with Gasteiger partial charge in [0.25, 0.3) is 0 Å². The maximum atomic E-state index is 13.5. The van der Waals surface area contributed by atoms with Gasteiger partial charge in [-0.25, -0.2) is 13.1 Å². The topological polar surface area (TPSA) is 91.4 Å². The van der Waals surface area contributed by atoms with Gasteiger partial charge in [-0.1, -0.05) is 30.3 Å². The number of fused-ring (bicyclic) bond motifs is 2. The van der Waals surface area contributed by atoms with E-state index < -0.39 is 34.4 Å². The molecule has 2 heterocycles. The molecule has 0 bridgehead atoms. The number of aromatic nitrogens is 1. The van der Waals surface area contributed by atoms with Crippen molar-refractivity contribution in [2.45, 2.75) is 30.0 Å². The third-order valence-corrected chi connectivity index (χ3v) is 7.77. The zero-order valence-electron chi connectivity index (χ0n) is 19.0. The summed E-state index contributed by atoms with van der Waals surface area (Å²) in [6, 6.07) is 14.5. The van der Waals surface area contributed by atoms with Crippen LogP contribution < -0.4 is 9.46 Å². The fraction of sp³-hybridized carbons (Fsp3) is 0.231. The van der Waals surface area contributed by atoms with Crippen molar-refractivity contribution >= 4 is 20.9 Å². The summed E-state index contributed by atoms with van der Waals surface area (Å²) in [5, 5.41) is 10.9.